The molecule has 5 heteroatoms. The monoisotopic (exact) mass is 268 g/mol. The van der Waals surface area contributed by atoms with Crippen molar-refractivity contribution in [3.63, 3.8) is 0 Å². The van der Waals surface area contributed by atoms with Gasteiger partial charge in [-0.05, 0) is 31.5 Å². The fraction of sp³-hybridized carbons (Fsp3) is 0.167. The summed E-state index contributed by atoms with van der Waals surface area (Å²) in [6.07, 6.45) is 0. The van der Waals surface area contributed by atoms with Gasteiger partial charge in [0.05, 0.1) is 15.7 Å². The molecule has 0 bridgehead atoms. The van der Waals surface area contributed by atoms with E-state index in [4.69, 9.17) is 23.2 Å². The second-order valence-electron chi connectivity index (χ2n) is 3.78. The van der Waals surface area contributed by atoms with Crippen molar-refractivity contribution in [1.29, 1.82) is 0 Å². The van der Waals surface area contributed by atoms with E-state index in [1.54, 1.807) is 19.1 Å². The van der Waals surface area contributed by atoms with Crippen molar-refractivity contribution in [2.75, 3.05) is 0 Å². The predicted molar refractivity (Wildman–Crippen MR) is 69.8 cm³/mol. The molecule has 0 aliphatic rings. The van der Waals surface area contributed by atoms with Crippen molar-refractivity contribution in [2.24, 2.45) is 0 Å². The summed E-state index contributed by atoms with van der Waals surface area (Å²) >= 11 is 11.8. The molecule has 88 valence electrons. The molecule has 0 aliphatic carbocycles. The minimum atomic E-state index is -0.175. The van der Waals surface area contributed by atoms with Crippen molar-refractivity contribution in [3.8, 4) is 11.3 Å². The Morgan fingerprint density at radius 2 is 1.82 bits per heavy atom. The zero-order valence-corrected chi connectivity index (χ0v) is 10.9. The van der Waals surface area contributed by atoms with Gasteiger partial charge >= 0.3 is 0 Å². The predicted octanol–water partition coefficient (Wildman–Crippen LogP) is 3.36. The van der Waals surface area contributed by atoms with Crippen LogP contribution in [0.25, 0.3) is 11.3 Å². The lowest BCUT2D eigenvalue weighted by atomic mass is 10.0. The van der Waals surface area contributed by atoms with Crippen molar-refractivity contribution in [2.45, 2.75) is 13.8 Å². The van der Waals surface area contributed by atoms with E-state index in [0.29, 0.717) is 21.3 Å². The summed E-state index contributed by atoms with van der Waals surface area (Å²) in [6, 6.07) is 5.26. The summed E-state index contributed by atoms with van der Waals surface area (Å²) in [7, 11) is 0. The molecule has 0 radical (unpaired) electrons. The SMILES string of the molecule is Cc1c(-c2ccc(Cl)c(Cl)c2)n[nH]c(=O)c1C. The number of nitrogens with zero attached hydrogens (tertiary/aromatic N) is 1. The van der Waals surface area contributed by atoms with Gasteiger partial charge in [0.2, 0.25) is 0 Å². The van der Waals surface area contributed by atoms with Gasteiger partial charge in [0, 0.05) is 11.1 Å². The zero-order chi connectivity index (χ0) is 12.6. The second kappa shape index (κ2) is 4.51. The molecule has 0 fully saturated rings. The summed E-state index contributed by atoms with van der Waals surface area (Å²) < 4.78 is 0. The Hall–Kier alpha value is -1.32. The normalized spacial score (nSPS) is 10.6. The molecule has 0 amide bonds. The minimum absolute atomic E-state index is 0.175. The Morgan fingerprint density at radius 3 is 2.47 bits per heavy atom. The van der Waals surface area contributed by atoms with Gasteiger partial charge in [-0.2, -0.15) is 5.10 Å². The molecule has 0 saturated carbocycles. The van der Waals surface area contributed by atoms with Crippen LogP contribution in [0.2, 0.25) is 10.0 Å². The molecule has 2 rings (SSSR count). The summed E-state index contributed by atoms with van der Waals surface area (Å²) in [5.41, 5.74) is 2.86. The second-order valence-corrected chi connectivity index (χ2v) is 4.59. The molecule has 17 heavy (non-hydrogen) atoms. The van der Waals surface area contributed by atoms with E-state index in [0.717, 1.165) is 11.1 Å². The van der Waals surface area contributed by atoms with Crippen LogP contribution in [0.5, 0.6) is 0 Å². The number of hydrogen-bond acceptors (Lipinski definition) is 2. The smallest absolute Gasteiger partial charge is 0.267 e. The highest BCUT2D eigenvalue weighted by atomic mass is 35.5. The zero-order valence-electron chi connectivity index (χ0n) is 9.34. The van der Waals surface area contributed by atoms with E-state index >= 15 is 0 Å². The molecule has 2 aromatic rings. The first kappa shape index (κ1) is 12.1. The van der Waals surface area contributed by atoms with Gasteiger partial charge < -0.3 is 0 Å². The third kappa shape index (κ3) is 2.21. The molecule has 0 spiro atoms. The molecule has 3 nitrogen and oxygen atoms in total. The van der Waals surface area contributed by atoms with Crippen LogP contribution in [-0.2, 0) is 0 Å². The van der Waals surface area contributed by atoms with E-state index in [1.807, 2.05) is 13.0 Å². The number of hydrogen-bond donors (Lipinski definition) is 1. The molecule has 0 atom stereocenters. The first-order chi connectivity index (χ1) is 8.00. The Kier molecular flexibility index (Phi) is 3.22. The number of aromatic nitrogens is 2. The van der Waals surface area contributed by atoms with Crippen LogP contribution in [0.15, 0.2) is 23.0 Å². The van der Waals surface area contributed by atoms with Gasteiger partial charge in [-0.25, -0.2) is 5.10 Å². The van der Waals surface area contributed by atoms with E-state index < -0.39 is 0 Å². The lowest BCUT2D eigenvalue weighted by Crippen LogP contribution is -2.14. The summed E-state index contributed by atoms with van der Waals surface area (Å²) in [5, 5.41) is 7.46. The Bertz CT molecular complexity index is 635. The fourth-order valence-corrected chi connectivity index (χ4v) is 1.84. The number of nitrogens with one attached hydrogen (secondary N) is 1. The van der Waals surface area contributed by atoms with Crippen molar-refractivity contribution < 1.29 is 0 Å². The number of benzene rings is 1. The molecule has 0 saturated heterocycles. The van der Waals surface area contributed by atoms with Crippen LogP contribution in [0.4, 0.5) is 0 Å². The van der Waals surface area contributed by atoms with E-state index in [1.165, 1.54) is 0 Å². The van der Waals surface area contributed by atoms with E-state index in [2.05, 4.69) is 10.2 Å². The van der Waals surface area contributed by atoms with E-state index in [9.17, 15) is 4.79 Å². The highest BCUT2D eigenvalue weighted by Gasteiger charge is 2.10. The number of aromatic amines is 1. The van der Waals surface area contributed by atoms with Crippen LogP contribution in [0, 0.1) is 13.8 Å². The molecule has 1 aromatic carbocycles. The summed E-state index contributed by atoms with van der Waals surface area (Å²) in [6.45, 7) is 3.62. The number of rotatable bonds is 1. The Labute approximate surface area is 108 Å². The quantitative estimate of drug-likeness (QED) is 0.862. The lowest BCUT2D eigenvalue weighted by Gasteiger charge is -2.07. The van der Waals surface area contributed by atoms with Crippen LogP contribution in [0.1, 0.15) is 11.1 Å². The third-order valence-corrected chi connectivity index (χ3v) is 3.46. The molecule has 1 N–H and O–H groups in total. The maximum Gasteiger partial charge on any atom is 0.267 e. The molecule has 1 aromatic heterocycles. The topological polar surface area (TPSA) is 45.8 Å². The minimum Gasteiger partial charge on any atom is -0.268 e. The largest absolute Gasteiger partial charge is 0.268 e. The highest BCUT2D eigenvalue weighted by Crippen LogP contribution is 2.28. The molecule has 1 heterocycles. The van der Waals surface area contributed by atoms with Crippen LogP contribution >= 0.6 is 23.2 Å². The average molecular weight is 269 g/mol. The Balaban J connectivity index is 2.65. The molecule has 0 unspecified atom stereocenters. The number of H-pyrrole nitrogens is 1. The highest BCUT2D eigenvalue weighted by molar-refractivity contribution is 6.42. The van der Waals surface area contributed by atoms with Crippen molar-refractivity contribution in [3.05, 3.63) is 49.7 Å². The van der Waals surface area contributed by atoms with Gasteiger partial charge in [-0.3, -0.25) is 4.79 Å². The Morgan fingerprint density at radius 1 is 1.12 bits per heavy atom. The molecular formula is C12H10Cl2N2O. The lowest BCUT2D eigenvalue weighted by molar-refractivity contribution is 0.959. The fourth-order valence-electron chi connectivity index (χ4n) is 1.55. The van der Waals surface area contributed by atoms with Crippen LogP contribution in [-0.4, -0.2) is 10.2 Å². The van der Waals surface area contributed by atoms with Crippen LogP contribution in [0.3, 0.4) is 0 Å². The first-order valence-electron chi connectivity index (χ1n) is 5.02. The van der Waals surface area contributed by atoms with Gasteiger partial charge in [0.1, 0.15) is 0 Å². The summed E-state index contributed by atoms with van der Waals surface area (Å²) in [5.74, 6) is 0. The van der Waals surface area contributed by atoms with Gasteiger partial charge in [-0.15, -0.1) is 0 Å². The van der Waals surface area contributed by atoms with Crippen molar-refractivity contribution in [1.82, 2.24) is 10.2 Å². The molecule has 0 aliphatic heterocycles. The standard InChI is InChI=1S/C12H10Cl2N2O/c1-6-7(2)12(17)16-15-11(6)8-3-4-9(13)10(14)5-8/h3-5H,1-2H3,(H,16,17). The summed E-state index contributed by atoms with van der Waals surface area (Å²) in [4.78, 5) is 11.4. The maximum absolute atomic E-state index is 11.4. The number of halogens is 2. The maximum atomic E-state index is 11.4. The third-order valence-electron chi connectivity index (χ3n) is 2.72. The van der Waals surface area contributed by atoms with E-state index in [-0.39, 0.29) is 5.56 Å². The van der Waals surface area contributed by atoms with Gasteiger partial charge in [0.25, 0.3) is 5.56 Å². The first-order valence-corrected chi connectivity index (χ1v) is 5.77. The van der Waals surface area contributed by atoms with Gasteiger partial charge in [0.15, 0.2) is 0 Å². The van der Waals surface area contributed by atoms with Crippen LogP contribution < -0.4 is 5.56 Å². The molecular weight excluding hydrogens is 259 g/mol. The van der Waals surface area contributed by atoms with Crippen molar-refractivity contribution >= 4 is 23.2 Å². The van der Waals surface area contributed by atoms with Gasteiger partial charge in [-0.1, -0.05) is 29.3 Å². The average Bonchev–Trinajstić information content (AvgIpc) is 2.30.